The molecule has 0 amide bonds. The molecule has 0 saturated heterocycles. The molecule has 0 aromatic carbocycles. The average molecular weight is 405 g/mol. The minimum absolute atomic E-state index is 0.187. The molecule has 0 atom stereocenters. The van der Waals surface area contributed by atoms with E-state index in [0.717, 1.165) is 22.5 Å². The fraction of sp³-hybridized carbons (Fsp3) is 0.304. The maximum absolute atomic E-state index is 8.32. The van der Waals surface area contributed by atoms with Crippen LogP contribution in [0.15, 0.2) is 48.9 Å². The van der Waals surface area contributed by atoms with Crippen LogP contribution < -0.4 is 15.4 Å². The molecule has 156 valence electrons. The monoisotopic (exact) mass is 404 g/mol. The predicted octanol–water partition coefficient (Wildman–Crippen LogP) is 4.76. The first-order valence-corrected chi connectivity index (χ1v) is 10.1. The number of hydrogen-bond acceptors (Lipinski definition) is 7. The molecule has 0 aliphatic heterocycles. The number of nitrogens with zero attached hydrogens (tertiary/aromatic N) is 3. The van der Waals surface area contributed by atoms with Gasteiger partial charge >= 0.3 is 0 Å². The lowest BCUT2D eigenvalue weighted by atomic mass is 10.1. The van der Waals surface area contributed by atoms with Crippen LogP contribution in [-0.4, -0.2) is 33.3 Å². The molecule has 7 heteroatoms. The van der Waals surface area contributed by atoms with E-state index in [-0.39, 0.29) is 6.04 Å². The molecule has 0 radical (unpaired) electrons. The number of anilines is 2. The molecule has 0 spiro atoms. The first kappa shape index (κ1) is 21.2. The Morgan fingerprint density at radius 1 is 1.20 bits per heavy atom. The van der Waals surface area contributed by atoms with E-state index >= 15 is 0 Å². The van der Waals surface area contributed by atoms with Gasteiger partial charge in [0.15, 0.2) is 0 Å². The molecule has 3 rings (SSSR count). The molecule has 7 nitrogen and oxygen atoms in total. The van der Waals surface area contributed by atoms with Crippen LogP contribution in [0.25, 0.3) is 11.3 Å². The molecule has 0 saturated carbocycles. The molecule has 0 aliphatic rings. The highest BCUT2D eigenvalue weighted by Crippen LogP contribution is 2.34. The summed E-state index contributed by atoms with van der Waals surface area (Å²) in [6.45, 7) is 8.92. The van der Waals surface area contributed by atoms with E-state index in [1.807, 2.05) is 43.5 Å². The van der Waals surface area contributed by atoms with Crippen molar-refractivity contribution in [1.29, 1.82) is 5.41 Å². The summed E-state index contributed by atoms with van der Waals surface area (Å²) in [5.74, 6) is 0.531. The van der Waals surface area contributed by atoms with Gasteiger partial charge in [0.05, 0.1) is 35.0 Å². The van der Waals surface area contributed by atoms with Gasteiger partial charge < -0.3 is 20.8 Å². The summed E-state index contributed by atoms with van der Waals surface area (Å²) < 4.78 is 5.71. The normalized spacial score (nSPS) is 10.7. The lowest BCUT2D eigenvalue weighted by Crippen LogP contribution is -2.17. The van der Waals surface area contributed by atoms with Crippen LogP contribution in [0, 0.1) is 5.41 Å². The van der Waals surface area contributed by atoms with Crippen molar-refractivity contribution in [3.8, 4) is 17.1 Å². The summed E-state index contributed by atoms with van der Waals surface area (Å²) in [6, 6.07) is 9.90. The van der Waals surface area contributed by atoms with Crippen molar-refractivity contribution in [2.24, 2.45) is 0 Å². The van der Waals surface area contributed by atoms with Gasteiger partial charge in [-0.25, -0.2) is 9.97 Å². The number of hydrogen-bond donors (Lipinski definition) is 3. The predicted molar refractivity (Wildman–Crippen MR) is 121 cm³/mol. The Labute approximate surface area is 177 Å². The Morgan fingerprint density at radius 3 is 2.67 bits per heavy atom. The van der Waals surface area contributed by atoms with Crippen molar-refractivity contribution in [2.75, 3.05) is 17.2 Å². The first-order valence-electron chi connectivity index (χ1n) is 10.1. The van der Waals surface area contributed by atoms with Gasteiger partial charge in [0.1, 0.15) is 5.69 Å². The van der Waals surface area contributed by atoms with E-state index in [4.69, 9.17) is 15.1 Å². The van der Waals surface area contributed by atoms with E-state index in [1.165, 1.54) is 0 Å². The van der Waals surface area contributed by atoms with Gasteiger partial charge in [0.25, 0.3) is 0 Å². The van der Waals surface area contributed by atoms with E-state index < -0.39 is 0 Å². The third-order valence-electron chi connectivity index (χ3n) is 4.34. The Bertz CT molecular complexity index is 1000. The smallest absolute Gasteiger partial charge is 0.222 e. The summed E-state index contributed by atoms with van der Waals surface area (Å²) >= 11 is 0. The van der Waals surface area contributed by atoms with Gasteiger partial charge in [0, 0.05) is 31.2 Å². The van der Waals surface area contributed by atoms with Crippen molar-refractivity contribution >= 4 is 17.1 Å². The summed E-state index contributed by atoms with van der Waals surface area (Å²) in [7, 11) is 0. The van der Waals surface area contributed by atoms with Crippen molar-refractivity contribution in [3.63, 3.8) is 0 Å². The van der Waals surface area contributed by atoms with Crippen LogP contribution in [0.3, 0.4) is 0 Å². The SMILES string of the molecule is CCOc1ncccc1-c1cc(NCc2cccnc2)c(NC(C)C)c(C(C)=N)n1. The van der Waals surface area contributed by atoms with E-state index in [9.17, 15) is 0 Å². The van der Waals surface area contributed by atoms with Gasteiger partial charge in [-0.2, -0.15) is 0 Å². The third-order valence-corrected chi connectivity index (χ3v) is 4.34. The van der Waals surface area contributed by atoms with Gasteiger partial charge in [-0.15, -0.1) is 0 Å². The van der Waals surface area contributed by atoms with Gasteiger partial charge in [0.2, 0.25) is 5.88 Å². The lowest BCUT2D eigenvalue weighted by molar-refractivity contribution is 0.328. The zero-order valence-electron chi connectivity index (χ0n) is 17.9. The quantitative estimate of drug-likeness (QED) is 0.445. The topological polar surface area (TPSA) is 95.8 Å². The Balaban J connectivity index is 2.10. The van der Waals surface area contributed by atoms with Crippen LogP contribution in [0.2, 0.25) is 0 Å². The lowest BCUT2D eigenvalue weighted by Gasteiger charge is -2.21. The third kappa shape index (κ3) is 5.11. The number of rotatable bonds is 9. The second kappa shape index (κ2) is 9.82. The van der Waals surface area contributed by atoms with Gasteiger partial charge in [-0.1, -0.05) is 6.07 Å². The molecule has 3 heterocycles. The van der Waals surface area contributed by atoms with E-state index in [2.05, 4.69) is 34.4 Å². The zero-order valence-corrected chi connectivity index (χ0v) is 17.9. The van der Waals surface area contributed by atoms with Gasteiger partial charge in [-0.3, -0.25) is 4.98 Å². The largest absolute Gasteiger partial charge is 0.477 e. The zero-order chi connectivity index (χ0) is 21.5. The molecule has 3 N–H and O–H groups in total. The fourth-order valence-corrected chi connectivity index (χ4v) is 3.07. The Hall–Kier alpha value is -3.48. The molecule has 0 fully saturated rings. The molecular weight excluding hydrogens is 376 g/mol. The van der Waals surface area contributed by atoms with Crippen molar-refractivity contribution < 1.29 is 4.74 Å². The molecule has 0 aliphatic carbocycles. The minimum atomic E-state index is 0.187. The molecule has 30 heavy (non-hydrogen) atoms. The molecule has 3 aromatic rings. The van der Waals surface area contributed by atoms with Crippen LogP contribution >= 0.6 is 0 Å². The standard InChI is InChI=1S/C23H28N6O/c1-5-30-23-18(9-7-11-26-23)19-12-20(27-14-17-8-6-10-25-13-17)22(28-15(2)3)21(29-19)16(4)24/h6-13,15,24,28H,5,14H2,1-4H3,(H,27,29). The van der Waals surface area contributed by atoms with Crippen LogP contribution in [0.4, 0.5) is 11.4 Å². The Morgan fingerprint density at radius 2 is 2.00 bits per heavy atom. The minimum Gasteiger partial charge on any atom is -0.477 e. The molecule has 0 bridgehead atoms. The summed E-state index contributed by atoms with van der Waals surface area (Å²) in [5, 5.41) is 15.3. The van der Waals surface area contributed by atoms with Crippen LogP contribution in [0.5, 0.6) is 5.88 Å². The fourth-order valence-electron chi connectivity index (χ4n) is 3.07. The average Bonchev–Trinajstić information content (AvgIpc) is 2.73. The summed E-state index contributed by atoms with van der Waals surface area (Å²) in [6.07, 6.45) is 5.29. The maximum Gasteiger partial charge on any atom is 0.222 e. The van der Waals surface area contributed by atoms with Crippen molar-refractivity contribution in [1.82, 2.24) is 15.0 Å². The molecular formula is C23H28N6O. The van der Waals surface area contributed by atoms with E-state index in [1.54, 1.807) is 19.3 Å². The number of ether oxygens (including phenoxy) is 1. The molecule has 0 unspecified atom stereocenters. The Kier molecular flexibility index (Phi) is 6.95. The number of nitrogens with one attached hydrogen (secondary N) is 3. The van der Waals surface area contributed by atoms with Crippen LogP contribution in [-0.2, 0) is 6.54 Å². The van der Waals surface area contributed by atoms with Crippen molar-refractivity contribution in [3.05, 3.63) is 60.2 Å². The highest BCUT2D eigenvalue weighted by atomic mass is 16.5. The summed E-state index contributed by atoms with van der Waals surface area (Å²) in [4.78, 5) is 13.3. The first-order chi connectivity index (χ1) is 14.5. The van der Waals surface area contributed by atoms with E-state index in [0.29, 0.717) is 36.1 Å². The maximum atomic E-state index is 8.32. The van der Waals surface area contributed by atoms with Gasteiger partial charge in [-0.05, 0) is 57.5 Å². The highest BCUT2D eigenvalue weighted by molar-refractivity contribution is 6.03. The highest BCUT2D eigenvalue weighted by Gasteiger charge is 2.18. The van der Waals surface area contributed by atoms with Crippen molar-refractivity contribution in [2.45, 2.75) is 40.3 Å². The second-order valence-corrected chi connectivity index (χ2v) is 7.21. The molecule has 3 aromatic heterocycles. The second-order valence-electron chi connectivity index (χ2n) is 7.21. The summed E-state index contributed by atoms with van der Waals surface area (Å²) in [5.41, 5.74) is 5.22. The van der Waals surface area contributed by atoms with Crippen LogP contribution in [0.1, 0.15) is 39.0 Å². The number of aromatic nitrogens is 3. The number of pyridine rings is 3.